The molecule has 0 atom stereocenters. The van der Waals surface area contributed by atoms with Gasteiger partial charge in [-0.25, -0.2) is 0 Å². The number of ether oxygens (including phenoxy) is 2. The Balaban J connectivity index is 1.96. The van der Waals surface area contributed by atoms with Crippen LogP contribution < -0.4 is 9.47 Å². The zero-order chi connectivity index (χ0) is 14.2. The van der Waals surface area contributed by atoms with Crippen LogP contribution in [0.3, 0.4) is 0 Å². The van der Waals surface area contributed by atoms with Gasteiger partial charge in [-0.2, -0.15) is 11.3 Å². The maximum Gasteiger partial charge on any atom is 0.128 e. The molecule has 1 aromatic heterocycles. The highest BCUT2D eigenvalue weighted by molar-refractivity contribution is 7.07. The molecule has 0 aliphatic rings. The van der Waals surface area contributed by atoms with Gasteiger partial charge in [0.25, 0.3) is 0 Å². The van der Waals surface area contributed by atoms with Gasteiger partial charge in [-0.1, -0.05) is 6.92 Å². The molecule has 0 spiro atoms. The van der Waals surface area contributed by atoms with E-state index in [1.54, 1.807) is 11.3 Å². The van der Waals surface area contributed by atoms with Gasteiger partial charge in [-0.3, -0.25) is 0 Å². The largest absolute Gasteiger partial charge is 0.493 e. The number of hydrogen-bond acceptors (Lipinski definition) is 4. The van der Waals surface area contributed by atoms with Crippen LogP contribution in [0.15, 0.2) is 35.0 Å². The summed E-state index contributed by atoms with van der Waals surface area (Å²) >= 11 is 1.69. The summed E-state index contributed by atoms with van der Waals surface area (Å²) in [6.07, 6.45) is 1.84. The van der Waals surface area contributed by atoms with E-state index in [9.17, 15) is 5.11 Å². The Kier molecular flexibility index (Phi) is 5.89. The maximum atomic E-state index is 9.35. The molecule has 0 amide bonds. The summed E-state index contributed by atoms with van der Waals surface area (Å²) < 4.78 is 11.4. The van der Waals surface area contributed by atoms with E-state index in [2.05, 4.69) is 23.8 Å². The van der Waals surface area contributed by atoms with Crippen LogP contribution in [-0.4, -0.2) is 18.3 Å². The predicted molar refractivity (Wildman–Crippen MR) is 81.7 cm³/mol. The van der Waals surface area contributed by atoms with E-state index in [-0.39, 0.29) is 6.61 Å². The summed E-state index contributed by atoms with van der Waals surface area (Å²) in [6, 6.07) is 7.68. The SMILES string of the molecule is CCCOc1ccc(CO)c(OCCc2ccsc2)c1. The Bertz CT molecular complexity index is 508. The fourth-order valence-electron chi connectivity index (χ4n) is 1.82. The lowest BCUT2D eigenvalue weighted by Gasteiger charge is -2.12. The van der Waals surface area contributed by atoms with E-state index in [4.69, 9.17) is 9.47 Å². The van der Waals surface area contributed by atoms with E-state index >= 15 is 0 Å². The Morgan fingerprint density at radius 2 is 2.05 bits per heavy atom. The molecule has 1 heterocycles. The lowest BCUT2D eigenvalue weighted by Crippen LogP contribution is -2.04. The molecule has 0 radical (unpaired) electrons. The molecule has 0 saturated heterocycles. The smallest absolute Gasteiger partial charge is 0.128 e. The van der Waals surface area contributed by atoms with E-state index in [0.29, 0.717) is 19.0 Å². The Morgan fingerprint density at radius 1 is 1.15 bits per heavy atom. The van der Waals surface area contributed by atoms with Crippen LogP contribution in [0, 0.1) is 0 Å². The highest BCUT2D eigenvalue weighted by atomic mass is 32.1. The molecule has 0 saturated carbocycles. The van der Waals surface area contributed by atoms with Gasteiger partial charge in [0.05, 0.1) is 19.8 Å². The Labute approximate surface area is 123 Å². The van der Waals surface area contributed by atoms with Crippen molar-refractivity contribution in [3.8, 4) is 11.5 Å². The first-order chi connectivity index (χ1) is 9.83. The highest BCUT2D eigenvalue weighted by Crippen LogP contribution is 2.25. The number of thiophene rings is 1. The normalized spacial score (nSPS) is 10.5. The molecule has 1 N–H and O–H groups in total. The van der Waals surface area contributed by atoms with Crippen LogP contribution in [0.4, 0.5) is 0 Å². The van der Waals surface area contributed by atoms with E-state index in [0.717, 1.165) is 24.2 Å². The van der Waals surface area contributed by atoms with Crippen molar-refractivity contribution in [2.24, 2.45) is 0 Å². The quantitative estimate of drug-likeness (QED) is 0.807. The third kappa shape index (κ3) is 4.25. The first kappa shape index (κ1) is 14.9. The zero-order valence-corrected chi connectivity index (χ0v) is 12.5. The minimum Gasteiger partial charge on any atom is -0.493 e. The van der Waals surface area contributed by atoms with Crippen molar-refractivity contribution in [2.75, 3.05) is 13.2 Å². The van der Waals surface area contributed by atoms with Gasteiger partial charge in [0.1, 0.15) is 11.5 Å². The topological polar surface area (TPSA) is 38.7 Å². The van der Waals surface area contributed by atoms with E-state index in [1.807, 2.05) is 18.2 Å². The molecule has 2 aromatic rings. The second-order valence-corrected chi connectivity index (χ2v) is 5.29. The Hall–Kier alpha value is -1.52. The molecule has 2 rings (SSSR count). The number of benzene rings is 1. The van der Waals surface area contributed by atoms with Crippen molar-refractivity contribution in [2.45, 2.75) is 26.4 Å². The summed E-state index contributed by atoms with van der Waals surface area (Å²) in [7, 11) is 0. The van der Waals surface area contributed by atoms with Crippen LogP contribution >= 0.6 is 11.3 Å². The van der Waals surface area contributed by atoms with Gasteiger partial charge in [0.15, 0.2) is 0 Å². The van der Waals surface area contributed by atoms with E-state index < -0.39 is 0 Å². The van der Waals surface area contributed by atoms with Crippen LogP contribution in [0.2, 0.25) is 0 Å². The molecule has 0 aliphatic heterocycles. The standard InChI is InChI=1S/C16H20O3S/c1-2-7-18-15-4-3-14(11-17)16(10-15)19-8-5-13-6-9-20-12-13/h3-4,6,9-10,12,17H,2,5,7-8,11H2,1H3. The fourth-order valence-corrected chi connectivity index (χ4v) is 2.53. The van der Waals surface area contributed by atoms with Gasteiger partial charge in [0.2, 0.25) is 0 Å². The van der Waals surface area contributed by atoms with Crippen LogP contribution in [0.1, 0.15) is 24.5 Å². The lowest BCUT2D eigenvalue weighted by molar-refractivity contribution is 0.261. The number of rotatable bonds is 8. The first-order valence-electron chi connectivity index (χ1n) is 6.84. The summed E-state index contributed by atoms with van der Waals surface area (Å²) in [4.78, 5) is 0. The van der Waals surface area contributed by atoms with Crippen LogP contribution in [-0.2, 0) is 13.0 Å². The fraction of sp³-hybridized carbons (Fsp3) is 0.375. The van der Waals surface area contributed by atoms with Crippen molar-refractivity contribution in [1.29, 1.82) is 0 Å². The second kappa shape index (κ2) is 7.92. The molecular weight excluding hydrogens is 272 g/mol. The molecule has 0 bridgehead atoms. The summed E-state index contributed by atoms with van der Waals surface area (Å²) in [6.45, 7) is 3.33. The zero-order valence-electron chi connectivity index (χ0n) is 11.7. The minimum absolute atomic E-state index is 0.0260. The lowest BCUT2D eigenvalue weighted by atomic mass is 10.2. The molecule has 108 valence electrons. The van der Waals surface area contributed by atoms with E-state index in [1.165, 1.54) is 5.56 Å². The monoisotopic (exact) mass is 292 g/mol. The molecule has 0 unspecified atom stereocenters. The van der Waals surface area contributed by atoms with Gasteiger partial charge >= 0.3 is 0 Å². The number of aliphatic hydroxyl groups excluding tert-OH is 1. The molecule has 4 heteroatoms. The summed E-state index contributed by atoms with van der Waals surface area (Å²) in [5.41, 5.74) is 2.07. The predicted octanol–water partition coefficient (Wildman–Crippen LogP) is 3.65. The summed E-state index contributed by atoms with van der Waals surface area (Å²) in [5, 5.41) is 13.5. The minimum atomic E-state index is -0.0260. The van der Waals surface area contributed by atoms with Gasteiger partial charge < -0.3 is 14.6 Å². The molecular formula is C16H20O3S. The molecule has 3 nitrogen and oxygen atoms in total. The van der Waals surface area contributed by atoms with Crippen LogP contribution in [0.5, 0.6) is 11.5 Å². The number of hydrogen-bond donors (Lipinski definition) is 1. The molecule has 20 heavy (non-hydrogen) atoms. The molecule has 1 aromatic carbocycles. The summed E-state index contributed by atoms with van der Waals surface area (Å²) in [5.74, 6) is 1.49. The van der Waals surface area contributed by atoms with Crippen molar-refractivity contribution < 1.29 is 14.6 Å². The third-order valence-corrected chi connectivity index (χ3v) is 3.64. The third-order valence-electron chi connectivity index (χ3n) is 2.91. The maximum absolute atomic E-state index is 9.35. The average molecular weight is 292 g/mol. The van der Waals surface area contributed by atoms with Crippen molar-refractivity contribution in [3.63, 3.8) is 0 Å². The molecule has 0 aliphatic carbocycles. The van der Waals surface area contributed by atoms with Gasteiger partial charge in [-0.05, 0) is 40.9 Å². The van der Waals surface area contributed by atoms with Crippen molar-refractivity contribution >= 4 is 11.3 Å². The van der Waals surface area contributed by atoms with Gasteiger partial charge in [-0.15, -0.1) is 0 Å². The van der Waals surface area contributed by atoms with Crippen molar-refractivity contribution in [1.82, 2.24) is 0 Å². The highest BCUT2D eigenvalue weighted by Gasteiger charge is 2.06. The van der Waals surface area contributed by atoms with Crippen molar-refractivity contribution in [3.05, 3.63) is 46.2 Å². The number of aliphatic hydroxyl groups is 1. The van der Waals surface area contributed by atoms with Crippen LogP contribution in [0.25, 0.3) is 0 Å². The first-order valence-corrected chi connectivity index (χ1v) is 7.78. The average Bonchev–Trinajstić information content (AvgIpc) is 2.98. The Morgan fingerprint density at radius 3 is 2.75 bits per heavy atom. The second-order valence-electron chi connectivity index (χ2n) is 4.51. The van der Waals surface area contributed by atoms with Gasteiger partial charge in [0, 0.05) is 18.1 Å². The molecule has 0 fully saturated rings.